The Morgan fingerprint density at radius 1 is 0.972 bits per heavy atom. The lowest BCUT2D eigenvalue weighted by molar-refractivity contribution is -0.114. The van der Waals surface area contributed by atoms with Crippen molar-refractivity contribution >= 4 is 33.2 Å². The van der Waals surface area contributed by atoms with Crippen molar-refractivity contribution in [2.45, 2.75) is 24.7 Å². The van der Waals surface area contributed by atoms with E-state index in [-0.39, 0.29) is 27.7 Å². The minimum absolute atomic E-state index is 0.0730. The summed E-state index contributed by atoms with van der Waals surface area (Å²) in [6, 6.07) is 16.9. The van der Waals surface area contributed by atoms with E-state index in [0.29, 0.717) is 12.3 Å². The minimum Gasteiger partial charge on any atom is -0.497 e. The van der Waals surface area contributed by atoms with Crippen molar-refractivity contribution in [3.8, 4) is 5.75 Å². The average Bonchev–Trinajstić information content (AvgIpc) is 2.88. The summed E-state index contributed by atoms with van der Waals surface area (Å²) in [5.41, 5.74) is 0.610. The fraction of sp³-hybridized carbons (Fsp3) is 0.231. The van der Waals surface area contributed by atoms with Gasteiger partial charge in [0.15, 0.2) is 0 Å². The Kier molecular flexibility index (Phi) is 9.02. The highest BCUT2D eigenvalue weighted by molar-refractivity contribution is 7.92. The maximum Gasteiger partial charge on any atom is 0.264 e. The van der Waals surface area contributed by atoms with Crippen LogP contribution in [-0.2, 0) is 14.8 Å². The van der Waals surface area contributed by atoms with E-state index in [1.807, 2.05) is 6.92 Å². The normalized spacial score (nSPS) is 11.0. The third-order valence-corrected chi connectivity index (χ3v) is 7.10. The van der Waals surface area contributed by atoms with Gasteiger partial charge in [0.2, 0.25) is 5.91 Å². The van der Waals surface area contributed by atoms with Gasteiger partial charge in [-0.15, -0.1) is 0 Å². The molecule has 0 aliphatic heterocycles. The molecule has 0 spiro atoms. The van der Waals surface area contributed by atoms with Gasteiger partial charge < -0.3 is 15.4 Å². The molecule has 0 fully saturated rings. The number of carbonyl (C=O) groups is 2. The number of halogens is 1. The first kappa shape index (κ1) is 26.7. The average molecular weight is 514 g/mol. The SMILES string of the molecule is CCCCNC(=O)c1ccccc1NC(=O)CN(c1ccc(F)cc1)S(=O)(=O)c1ccc(OC)cc1. The molecule has 190 valence electrons. The van der Waals surface area contributed by atoms with Crippen LogP contribution in [0.1, 0.15) is 30.1 Å². The Balaban J connectivity index is 1.88. The number of sulfonamides is 1. The number of benzene rings is 3. The summed E-state index contributed by atoms with van der Waals surface area (Å²) < 4.78 is 46.5. The molecule has 0 aromatic heterocycles. The van der Waals surface area contributed by atoms with Gasteiger partial charge in [-0.1, -0.05) is 25.5 Å². The second kappa shape index (κ2) is 12.2. The van der Waals surface area contributed by atoms with Gasteiger partial charge in [0, 0.05) is 6.54 Å². The molecule has 2 amide bonds. The van der Waals surface area contributed by atoms with Crippen molar-refractivity contribution in [1.29, 1.82) is 0 Å². The molecule has 0 saturated heterocycles. The van der Waals surface area contributed by atoms with E-state index in [2.05, 4.69) is 10.6 Å². The van der Waals surface area contributed by atoms with Gasteiger partial charge in [-0.3, -0.25) is 13.9 Å². The molecule has 3 aromatic rings. The number of rotatable bonds is 11. The number of ether oxygens (including phenoxy) is 1. The van der Waals surface area contributed by atoms with E-state index in [1.165, 1.54) is 43.5 Å². The molecule has 0 radical (unpaired) electrons. The second-order valence-electron chi connectivity index (χ2n) is 7.87. The summed E-state index contributed by atoms with van der Waals surface area (Å²) in [4.78, 5) is 25.5. The van der Waals surface area contributed by atoms with Gasteiger partial charge >= 0.3 is 0 Å². The highest BCUT2D eigenvalue weighted by atomic mass is 32.2. The Hall–Kier alpha value is -3.92. The van der Waals surface area contributed by atoms with Gasteiger partial charge in [0.25, 0.3) is 15.9 Å². The van der Waals surface area contributed by atoms with E-state index in [0.717, 1.165) is 29.3 Å². The first-order valence-electron chi connectivity index (χ1n) is 11.4. The van der Waals surface area contributed by atoms with Crippen LogP contribution in [0.5, 0.6) is 5.75 Å². The van der Waals surface area contributed by atoms with Crippen LogP contribution in [0.2, 0.25) is 0 Å². The van der Waals surface area contributed by atoms with Crippen molar-refractivity contribution in [3.63, 3.8) is 0 Å². The molecule has 8 nitrogen and oxygen atoms in total. The molecule has 3 aromatic carbocycles. The highest BCUT2D eigenvalue weighted by Gasteiger charge is 2.28. The van der Waals surface area contributed by atoms with Crippen LogP contribution in [0.4, 0.5) is 15.8 Å². The first-order valence-corrected chi connectivity index (χ1v) is 12.8. The fourth-order valence-electron chi connectivity index (χ4n) is 3.38. The monoisotopic (exact) mass is 513 g/mol. The third-order valence-electron chi connectivity index (χ3n) is 5.31. The van der Waals surface area contributed by atoms with Gasteiger partial charge in [0.05, 0.1) is 28.9 Å². The molecule has 0 aliphatic rings. The molecule has 36 heavy (non-hydrogen) atoms. The van der Waals surface area contributed by atoms with Crippen LogP contribution in [0.3, 0.4) is 0 Å². The zero-order valence-corrected chi connectivity index (χ0v) is 20.8. The number of amides is 2. The molecule has 0 atom stereocenters. The number of hydrogen-bond donors (Lipinski definition) is 2. The van der Waals surface area contributed by atoms with Crippen molar-refractivity contribution in [2.75, 3.05) is 29.8 Å². The molecule has 0 unspecified atom stereocenters. The molecule has 0 bridgehead atoms. The van der Waals surface area contributed by atoms with E-state index < -0.39 is 28.3 Å². The van der Waals surface area contributed by atoms with Gasteiger partial charge in [-0.25, -0.2) is 12.8 Å². The van der Waals surface area contributed by atoms with Crippen LogP contribution < -0.4 is 19.7 Å². The quantitative estimate of drug-likeness (QED) is 0.374. The summed E-state index contributed by atoms with van der Waals surface area (Å²) in [7, 11) is -2.75. The maximum absolute atomic E-state index is 13.5. The topological polar surface area (TPSA) is 105 Å². The molecule has 0 aliphatic carbocycles. The number of carbonyl (C=O) groups excluding carboxylic acids is 2. The summed E-state index contributed by atoms with van der Waals surface area (Å²) in [6.07, 6.45) is 1.73. The maximum atomic E-state index is 13.5. The Morgan fingerprint density at radius 3 is 2.28 bits per heavy atom. The van der Waals surface area contributed by atoms with Crippen molar-refractivity contribution < 1.29 is 27.1 Å². The number of nitrogens with zero attached hydrogens (tertiary/aromatic N) is 1. The molecule has 3 rings (SSSR count). The van der Waals surface area contributed by atoms with Crippen molar-refractivity contribution in [3.05, 3.63) is 84.2 Å². The zero-order chi connectivity index (χ0) is 26.1. The predicted molar refractivity (Wildman–Crippen MR) is 136 cm³/mol. The van der Waals surface area contributed by atoms with Crippen LogP contribution in [-0.4, -0.2) is 40.4 Å². The number of methoxy groups -OCH3 is 1. The van der Waals surface area contributed by atoms with Gasteiger partial charge in [-0.05, 0) is 67.1 Å². The Bertz CT molecular complexity index is 1300. The lowest BCUT2D eigenvalue weighted by Gasteiger charge is -2.24. The van der Waals surface area contributed by atoms with E-state index in [1.54, 1.807) is 24.3 Å². The molecule has 0 saturated carbocycles. The molecular weight excluding hydrogens is 485 g/mol. The molecule has 10 heteroatoms. The molecule has 0 heterocycles. The number of para-hydroxylation sites is 1. The van der Waals surface area contributed by atoms with Crippen LogP contribution in [0.25, 0.3) is 0 Å². The van der Waals surface area contributed by atoms with Crippen LogP contribution in [0.15, 0.2) is 77.7 Å². The van der Waals surface area contributed by atoms with E-state index >= 15 is 0 Å². The van der Waals surface area contributed by atoms with E-state index in [9.17, 15) is 22.4 Å². The number of unbranched alkanes of at least 4 members (excludes halogenated alkanes) is 1. The van der Waals surface area contributed by atoms with E-state index in [4.69, 9.17) is 4.74 Å². The lowest BCUT2D eigenvalue weighted by Crippen LogP contribution is -2.38. The van der Waals surface area contributed by atoms with Crippen molar-refractivity contribution in [1.82, 2.24) is 5.32 Å². The highest BCUT2D eigenvalue weighted by Crippen LogP contribution is 2.26. The summed E-state index contributed by atoms with van der Waals surface area (Å²) in [5.74, 6) is -1.10. The van der Waals surface area contributed by atoms with Crippen molar-refractivity contribution in [2.24, 2.45) is 0 Å². The minimum atomic E-state index is -4.21. The Morgan fingerprint density at radius 2 is 1.64 bits per heavy atom. The smallest absolute Gasteiger partial charge is 0.264 e. The number of hydrogen-bond acceptors (Lipinski definition) is 5. The summed E-state index contributed by atoms with van der Waals surface area (Å²) in [6.45, 7) is 1.90. The van der Waals surface area contributed by atoms with Gasteiger partial charge in [-0.2, -0.15) is 0 Å². The third kappa shape index (κ3) is 6.60. The van der Waals surface area contributed by atoms with Crippen LogP contribution in [0, 0.1) is 5.82 Å². The number of nitrogens with one attached hydrogen (secondary N) is 2. The Labute approximate surface area is 210 Å². The standard InChI is InChI=1S/C26H28FN3O5S/c1-3-4-17-28-26(32)23-7-5-6-8-24(23)29-25(31)18-30(20-11-9-19(27)10-12-20)36(33,34)22-15-13-21(35-2)14-16-22/h5-16H,3-4,17-18H2,1-2H3,(H,28,32)(H,29,31). The molecule has 2 N–H and O–H groups in total. The zero-order valence-electron chi connectivity index (χ0n) is 20.0. The number of anilines is 2. The molecular formula is C26H28FN3O5S. The predicted octanol–water partition coefficient (Wildman–Crippen LogP) is 4.20. The lowest BCUT2D eigenvalue weighted by atomic mass is 10.1. The van der Waals surface area contributed by atoms with Crippen LogP contribution >= 0.6 is 0 Å². The van der Waals surface area contributed by atoms with Gasteiger partial charge in [0.1, 0.15) is 18.1 Å². The second-order valence-corrected chi connectivity index (χ2v) is 9.73. The summed E-state index contributed by atoms with van der Waals surface area (Å²) >= 11 is 0. The summed E-state index contributed by atoms with van der Waals surface area (Å²) in [5, 5.41) is 5.43. The fourth-order valence-corrected chi connectivity index (χ4v) is 4.80. The largest absolute Gasteiger partial charge is 0.497 e. The first-order chi connectivity index (χ1) is 17.3.